The molecule has 7 heteroatoms. The molecule has 0 radical (unpaired) electrons. The summed E-state index contributed by atoms with van der Waals surface area (Å²) < 4.78 is 0.906. The van der Waals surface area contributed by atoms with Gasteiger partial charge in [0, 0.05) is 20.4 Å². The van der Waals surface area contributed by atoms with Crippen LogP contribution in [0, 0.1) is 10.5 Å². The second-order valence-corrected chi connectivity index (χ2v) is 6.74. The van der Waals surface area contributed by atoms with Gasteiger partial charge >= 0.3 is 0 Å². The minimum Gasteiger partial charge on any atom is -0.398 e. The molecule has 3 rings (SSSR count). The summed E-state index contributed by atoms with van der Waals surface area (Å²) in [6.45, 7) is 1.93. The average molecular weight is 410 g/mol. The predicted molar refractivity (Wildman–Crippen MR) is 100 cm³/mol. The topological polar surface area (TPSA) is 156 Å². The molecule has 2 unspecified atom stereocenters. The molecule has 0 spiro atoms. The van der Waals surface area contributed by atoms with Crippen LogP contribution in [0.5, 0.6) is 0 Å². The number of benzene rings is 2. The molecule has 0 saturated carbocycles. The third-order valence-electron chi connectivity index (χ3n) is 4.42. The van der Waals surface area contributed by atoms with E-state index in [1.54, 1.807) is 12.1 Å². The van der Waals surface area contributed by atoms with Crippen LogP contribution in [0.3, 0.4) is 0 Å². The van der Waals surface area contributed by atoms with Gasteiger partial charge < -0.3 is 34.4 Å². The average Bonchev–Trinajstić information content (AvgIpc) is 2.48. The molecule has 12 N–H and O–H groups in total. The molecule has 0 saturated heterocycles. The fourth-order valence-corrected chi connectivity index (χ4v) is 3.70. The number of fused-ring (bicyclic) bond motifs is 2. The van der Waals surface area contributed by atoms with Gasteiger partial charge in [0.1, 0.15) is 0 Å². The number of anilines is 4. The van der Waals surface area contributed by atoms with Crippen LogP contribution in [0.2, 0.25) is 0 Å². The van der Waals surface area contributed by atoms with E-state index in [-0.39, 0.29) is 0 Å². The molecule has 0 aliphatic heterocycles. The molecule has 2 aromatic carbocycles. The Bertz CT molecular complexity index is 736. The highest BCUT2D eigenvalue weighted by Gasteiger charge is 2.34. The van der Waals surface area contributed by atoms with Crippen LogP contribution < -0.4 is 34.4 Å². The quantitative estimate of drug-likeness (QED) is 0.284. The van der Waals surface area contributed by atoms with Crippen LogP contribution in [-0.2, 0) is 0 Å². The van der Waals surface area contributed by atoms with Gasteiger partial charge in [0.2, 0.25) is 0 Å². The minimum atomic E-state index is -0.427. The van der Waals surface area contributed by atoms with E-state index in [0.29, 0.717) is 22.7 Å². The van der Waals surface area contributed by atoms with Crippen molar-refractivity contribution in [2.24, 2.45) is 11.5 Å². The first-order chi connectivity index (χ1) is 10.3. The Hall–Kier alpha value is -1.71. The Morgan fingerprint density at radius 3 is 1.68 bits per heavy atom. The fourth-order valence-electron chi connectivity index (χ4n) is 3.12. The maximum Gasteiger partial charge on any atom is 0.0580 e. The van der Waals surface area contributed by atoms with E-state index in [1.807, 2.05) is 6.92 Å². The van der Waals surface area contributed by atoms with Gasteiger partial charge in [0.25, 0.3) is 0 Å². The lowest BCUT2D eigenvalue weighted by atomic mass is 9.77. The maximum absolute atomic E-state index is 6.44. The van der Waals surface area contributed by atoms with Crippen LogP contribution >= 0.6 is 22.6 Å². The fraction of sp³-hybridized carbons (Fsp3) is 0.200. The Kier molecular flexibility index (Phi) is 3.38. The molecule has 0 heterocycles. The van der Waals surface area contributed by atoms with Crippen molar-refractivity contribution in [2.75, 3.05) is 22.9 Å². The predicted octanol–water partition coefficient (Wildman–Crippen LogP) is 1.34. The van der Waals surface area contributed by atoms with Gasteiger partial charge in [0.05, 0.1) is 29.1 Å². The highest BCUT2D eigenvalue weighted by molar-refractivity contribution is 14.1. The standard InChI is InChI=1S/C15H19IN6/c1-4-11(16)15(22)10-9(12(4)19)13(20)5-2-7(17)8(18)3-6(5)14(10)21/h2-3,13-14H,17-22H2,1H3. The summed E-state index contributed by atoms with van der Waals surface area (Å²) in [6, 6.07) is 2.71. The van der Waals surface area contributed by atoms with E-state index < -0.39 is 12.1 Å². The van der Waals surface area contributed by atoms with Crippen LogP contribution in [0.4, 0.5) is 22.7 Å². The zero-order valence-corrected chi connectivity index (χ0v) is 14.3. The molecular weight excluding hydrogens is 391 g/mol. The van der Waals surface area contributed by atoms with Crippen LogP contribution in [-0.4, -0.2) is 0 Å². The van der Waals surface area contributed by atoms with E-state index in [4.69, 9.17) is 34.4 Å². The van der Waals surface area contributed by atoms with Gasteiger partial charge in [-0.05, 0) is 58.3 Å². The monoisotopic (exact) mass is 410 g/mol. The molecule has 0 fully saturated rings. The lowest BCUT2D eigenvalue weighted by molar-refractivity contribution is 0.734. The molecular formula is C15H19IN6. The van der Waals surface area contributed by atoms with E-state index in [0.717, 1.165) is 31.4 Å². The van der Waals surface area contributed by atoms with Gasteiger partial charge in [-0.2, -0.15) is 0 Å². The first-order valence-corrected chi connectivity index (χ1v) is 7.90. The molecule has 0 aromatic heterocycles. The first kappa shape index (κ1) is 15.2. The third kappa shape index (κ3) is 1.86. The Balaban J connectivity index is 2.38. The largest absolute Gasteiger partial charge is 0.398 e. The zero-order chi connectivity index (χ0) is 16.3. The molecule has 2 aromatic rings. The van der Waals surface area contributed by atoms with Gasteiger partial charge in [-0.3, -0.25) is 0 Å². The van der Waals surface area contributed by atoms with Crippen LogP contribution in [0.25, 0.3) is 0 Å². The molecule has 1 aliphatic carbocycles. The molecule has 0 amide bonds. The van der Waals surface area contributed by atoms with Gasteiger partial charge in [-0.1, -0.05) is 0 Å². The second kappa shape index (κ2) is 4.90. The van der Waals surface area contributed by atoms with E-state index in [9.17, 15) is 0 Å². The van der Waals surface area contributed by atoms with Crippen molar-refractivity contribution in [2.45, 2.75) is 19.0 Å². The summed E-state index contributed by atoms with van der Waals surface area (Å²) in [5, 5.41) is 0. The van der Waals surface area contributed by atoms with Gasteiger partial charge in [0.15, 0.2) is 0 Å². The number of halogens is 1. The lowest BCUT2D eigenvalue weighted by Gasteiger charge is -2.34. The number of hydrogen-bond acceptors (Lipinski definition) is 6. The molecule has 2 atom stereocenters. The van der Waals surface area contributed by atoms with Crippen LogP contribution in [0.1, 0.15) is 39.9 Å². The van der Waals surface area contributed by atoms with E-state index in [2.05, 4.69) is 22.6 Å². The zero-order valence-electron chi connectivity index (χ0n) is 12.2. The van der Waals surface area contributed by atoms with Crippen molar-refractivity contribution >= 4 is 45.3 Å². The lowest BCUT2D eigenvalue weighted by Crippen LogP contribution is -2.30. The number of nitrogen functional groups attached to an aromatic ring is 4. The first-order valence-electron chi connectivity index (χ1n) is 6.82. The van der Waals surface area contributed by atoms with Gasteiger partial charge in [-0.15, -0.1) is 0 Å². The van der Waals surface area contributed by atoms with E-state index >= 15 is 0 Å². The Morgan fingerprint density at radius 1 is 0.818 bits per heavy atom. The molecule has 6 nitrogen and oxygen atoms in total. The summed E-state index contributed by atoms with van der Waals surface area (Å²) in [4.78, 5) is 0. The summed E-state index contributed by atoms with van der Waals surface area (Å²) >= 11 is 2.18. The summed E-state index contributed by atoms with van der Waals surface area (Å²) in [7, 11) is 0. The second-order valence-electron chi connectivity index (χ2n) is 5.66. The molecule has 1 aliphatic rings. The Morgan fingerprint density at radius 2 is 1.23 bits per heavy atom. The number of rotatable bonds is 0. The third-order valence-corrected chi connectivity index (χ3v) is 5.81. The van der Waals surface area contributed by atoms with Crippen molar-refractivity contribution in [3.05, 3.63) is 43.5 Å². The summed E-state index contributed by atoms with van der Waals surface area (Å²) in [6.07, 6.45) is 0. The highest BCUT2D eigenvalue weighted by Crippen LogP contribution is 2.47. The normalized spacial score (nSPS) is 19.6. The maximum atomic E-state index is 6.44. The number of nitrogens with two attached hydrogens (primary N) is 6. The van der Waals surface area contributed by atoms with Crippen molar-refractivity contribution in [3.63, 3.8) is 0 Å². The van der Waals surface area contributed by atoms with E-state index in [1.165, 1.54) is 0 Å². The van der Waals surface area contributed by atoms with Crippen molar-refractivity contribution in [1.29, 1.82) is 0 Å². The van der Waals surface area contributed by atoms with Crippen LogP contribution in [0.15, 0.2) is 12.1 Å². The SMILES string of the molecule is Cc1c(N)c2c(c(N)c1I)C(N)c1cc(N)c(N)cc1C2N. The smallest absolute Gasteiger partial charge is 0.0580 e. The summed E-state index contributed by atoms with van der Waals surface area (Å²) in [5.74, 6) is 0. The summed E-state index contributed by atoms with van der Waals surface area (Å²) in [5.41, 5.74) is 43.7. The van der Waals surface area contributed by atoms with Gasteiger partial charge in [-0.25, -0.2) is 0 Å². The Labute approximate surface area is 142 Å². The van der Waals surface area contributed by atoms with Crippen molar-refractivity contribution in [3.8, 4) is 0 Å². The molecule has 0 bridgehead atoms. The minimum absolute atomic E-state index is 0.425. The molecule has 22 heavy (non-hydrogen) atoms. The highest BCUT2D eigenvalue weighted by atomic mass is 127. The van der Waals surface area contributed by atoms with Crippen molar-refractivity contribution < 1.29 is 0 Å². The van der Waals surface area contributed by atoms with Crippen molar-refractivity contribution in [1.82, 2.24) is 0 Å². The molecule has 116 valence electrons. The number of hydrogen-bond donors (Lipinski definition) is 6.